The Hall–Kier alpha value is -2.96. The highest BCUT2D eigenvalue weighted by atomic mass is 16.1. The van der Waals surface area contributed by atoms with E-state index in [1.54, 1.807) is 17.2 Å². The number of piperidine rings is 1. The summed E-state index contributed by atoms with van der Waals surface area (Å²) in [5.74, 6) is 0.415. The highest BCUT2D eigenvalue weighted by Crippen LogP contribution is 2.31. The molecule has 3 heterocycles. The third-order valence-electron chi connectivity index (χ3n) is 4.90. The van der Waals surface area contributed by atoms with Gasteiger partial charge in [-0.3, -0.25) is 4.79 Å². The highest BCUT2D eigenvalue weighted by Gasteiger charge is 2.30. The van der Waals surface area contributed by atoms with Crippen LogP contribution in [0.5, 0.6) is 0 Å². The maximum Gasteiger partial charge on any atom is 0.222 e. The monoisotopic (exact) mass is 336 g/mol. The molecule has 7 nitrogen and oxygen atoms in total. The van der Waals surface area contributed by atoms with Crippen LogP contribution in [0.2, 0.25) is 0 Å². The minimum Gasteiger partial charge on any atom is -0.369 e. The third kappa shape index (κ3) is 2.71. The first kappa shape index (κ1) is 15.6. The number of para-hydroxylation sites is 1. The summed E-state index contributed by atoms with van der Waals surface area (Å²) in [6, 6.07) is 10.2. The fourth-order valence-electron chi connectivity index (χ4n) is 3.45. The minimum atomic E-state index is -0.248. The Morgan fingerprint density at radius 1 is 1.20 bits per heavy atom. The van der Waals surface area contributed by atoms with Crippen LogP contribution in [0.3, 0.4) is 0 Å². The zero-order chi connectivity index (χ0) is 17.4. The minimum absolute atomic E-state index is 0.148. The van der Waals surface area contributed by atoms with Gasteiger partial charge in [-0.15, -0.1) is 0 Å². The van der Waals surface area contributed by atoms with Gasteiger partial charge in [-0.2, -0.15) is 5.10 Å². The summed E-state index contributed by atoms with van der Waals surface area (Å²) >= 11 is 0. The van der Waals surface area contributed by atoms with E-state index >= 15 is 0 Å². The molecule has 1 amide bonds. The normalized spacial score (nSPS) is 20.8. The largest absolute Gasteiger partial charge is 0.369 e. The molecule has 1 aliphatic heterocycles. The van der Waals surface area contributed by atoms with E-state index in [2.05, 4.69) is 26.9 Å². The van der Waals surface area contributed by atoms with E-state index in [1.165, 1.54) is 0 Å². The standard InChI is InChI=1S/C18H20N6O/c1-12-7-8-13(16(19)25)10-23(12)17-15-9-22-24(18(15)21-11-20-17)14-5-3-2-4-6-14/h2-6,9,11-13H,7-8,10H2,1H3,(H2,19,25)/t12-,13-/m1/s1. The van der Waals surface area contributed by atoms with E-state index < -0.39 is 0 Å². The molecule has 2 aromatic heterocycles. The first-order valence-electron chi connectivity index (χ1n) is 8.45. The van der Waals surface area contributed by atoms with Gasteiger partial charge in [-0.25, -0.2) is 14.6 Å². The molecule has 2 N–H and O–H groups in total. The van der Waals surface area contributed by atoms with Crippen molar-refractivity contribution in [3.63, 3.8) is 0 Å². The lowest BCUT2D eigenvalue weighted by molar-refractivity contribution is -0.122. The van der Waals surface area contributed by atoms with Crippen molar-refractivity contribution in [2.75, 3.05) is 11.4 Å². The first-order chi connectivity index (χ1) is 12.1. The number of fused-ring (bicyclic) bond motifs is 1. The lowest BCUT2D eigenvalue weighted by Crippen LogP contribution is -2.46. The molecule has 2 atom stereocenters. The average Bonchev–Trinajstić information content (AvgIpc) is 3.07. The second-order valence-corrected chi connectivity index (χ2v) is 6.50. The number of hydrogen-bond donors (Lipinski definition) is 1. The number of carbonyl (C=O) groups is 1. The van der Waals surface area contributed by atoms with Crippen molar-refractivity contribution in [3.05, 3.63) is 42.9 Å². The van der Waals surface area contributed by atoms with Gasteiger partial charge in [-0.05, 0) is 31.9 Å². The number of amides is 1. The van der Waals surface area contributed by atoms with Crippen LogP contribution in [0.25, 0.3) is 16.7 Å². The summed E-state index contributed by atoms with van der Waals surface area (Å²) in [7, 11) is 0. The fourth-order valence-corrected chi connectivity index (χ4v) is 3.45. The van der Waals surface area contributed by atoms with Crippen molar-refractivity contribution in [1.29, 1.82) is 0 Å². The zero-order valence-electron chi connectivity index (χ0n) is 14.0. The predicted octanol–water partition coefficient (Wildman–Crippen LogP) is 1.91. The molecule has 1 aromatic carbocycles. The van der Waals surface area contributed by atoms with Gasteiger partial charge >= 0.3 is 0 Å². The number of nitrogens with two attached hydrogens (primary N) is 1. The number of primary amides is 1. The predicted molar refractivity (Wildman–Crippen MR) is 95.4 cm³/mol. The van der Waals surface area contributed by atoms with E-state index in [4.69, 9.17) is 5.73 Å². The van der Waals surface area contributed by atoms with Crippen molar-refractivity contribution in [2.45, 2.75) is 25.8 Å². The van der Waals surface area contributed by atoms with E-state index in [9.17, 15) is 4.79 Å². The average molecular weight is 336 g/mol. The summed E-state index contributed by atoms with van der Waals surface area (Å²) in [6.07, 6.45) is 5.08. The molecule has 1 fully saturated rings. The molecule has 3 aromatic rings. The molecule has 128 valence electrons. The first-order valence-corrected chi connectivity index (χ1v) is 8.45. The molecule has 7 heteroatoms. The van der Waals surface area contributed by atoms with Crippen LogP contribution in [0, 0.1) is 5.92 Å². The molecule has 25 heavy (non-hydrogen) atoms. The zero-order valence-corrected chi connectivity index (χ0v) is 14.0. The molecule has 4 rings (SSSR count). The summed E-state index contributed by atoms with van der Waals surface area (Å²) in [5.41, 5.74) is 7.23. The Morgan fingerprint density at radius 2 is 2.00 bits per heavy atom. The van der Waals surface area contributed by atoms with Crippen LogP contribution in [0.15, 0.2) is 42.9 Å². The number of hydrogen-bond acceptors (Lipinski definition) is 5. The number of rotatable bonds is 3. The number of carbonyl (C=O) groups excluding carboxylic acids is 1. The third-order valence-corrected chi connectivity index (χ3v) is 4.90. The number of aromatic nitrogens is 4. The molecule has 0 radical (unpaired) electrons. The van der Waals surface area contributed by atoms with Crippen molar-refractivity contribution in [3.8, 4) is 5.69 Å². The van der Waals surface area contributed by atoms with Crippen LogP contribution in [-0.2, 0) is 4.79 Å². The van der Waals surface area contributed by atoms with E-state index in [0.717, 1.165) is 35.4 Å². The van der Waals surface area contributed by atoms with Crippen molar-refractivity contribution < 1.29 is 4.79 Å². The topological polar surface area (TPSA) is 89.9 Å². The molecule has 1 saturated heterocycles. The van der Waals surface area contributed by atoms with E-state index in [-0.39, 0.29) is 17.9 Å². The van der Waals surface area contributed by atoms with Gasteiger partial charge in [0, 0.05) is 12.6 Å². The number of nitrogens with zero attached hydrogens (tertiary/aromatic N) is 5. The van der Waals surface area contributed by atoms with Gasteiger partial charge in [0.25, 0.3) is 0 Å². The second kappa shape index (κ2) is 6.16. The Kier molecular flexibility index (Phi) is 3.83. The van der Waals surface area contributed by atoms with Gasteiger partial charge in [0.05, 0.1) is 23.2 Å². The Bertz CT molecular complexity index is 906. The maximum absolute atomic E-state index is 11.6. The summed E-state index contributed by atoms with van der Waals surface area (Å²) in [4.78, 5) is 22.7. The van der Waals surface area contributed by atoms with Gasteiger partial charge in [0.15, 0.2) is 5.65 Å². The fraction of sp³-hybridized carbons (Fsp3) is 0.333. The molecule has 0 unspecified atom stereocenters. The smallest absolute Gasteiger partial charge is 0.222 e. The lowest BCUT2D eigenvalue weighted by atomic mass is 9.93. The summed E-state index contributed by atoms with van der Waals surface area (Å²) < 4.78 is 1.81. The summed E-state index contributed by atoms with van der Waals surface area (Å²) in [5, 5.41) is 5.37. The maximum atomic E-state index is 11.6. The van der Waals surface area contributed by atoms with Crippen molar-refractivity contribution >= 4 is 22.8 Å². The Labute approximate surface area is 145 Å². The summed E-state index contributed by atoms with van der Waals surface area (Å²) in [6.45, 7) is 2.73. The Morgan fingerprint density at radius 3 is 2.76 bits per heavy atom. The Balaban J connectivity index is 1.78. The van der Waals surface area contributed by atoms with Gasteiger partial charge in [0.2, 0.25) is 5.91 Å². The lowest BCUT2D eigenvalue weighted by Gasteiger charge is -2.37. The second-order valence-electron chi connectivity index (χ2n) is 6.50. The van der Waals surface area contributed by atoms with Crippen LogP contribution in [0.4, 0.5) is 5.82 Å². The molecule has 0 bridgehead atoms. The van der Waals surface area contributed by atoms with Crippen LogP contribution in [0.1, 0.15) is 19.8 Å². The quantitative estimate of drug-likeness (QED) is 0.789. The van der Waals surface area contributed by atoms with Crippen molar-refractivity contribution in [2.24, 2.45) is 11.7 Å². The van der Waals surface area contributed by atoms with E-state index in [0.29, 0.717) is 6.54 Å². The highest BCUT2D eigenvalue weighted by molar-refractivity contribution is 5.88. The molecular weight excluding hydrogens is 316 g/mol. The van der Waals surface area contributed by atoms with Gasteiger partial charge in [0.1, 0.15) is 12.1 Å². The van der Waals surface area contributed by atoms with Crippen LogP contribution >= 0.6 is 0 Å². The van der Waals surface area contributed by atoms with Crippen LogP contribution < -0.4 is 10.6 Å². The molecule has 0 spiro atoms. The number of anilines is 1. The molecule has 0 saturated carbocycles. The molecular formula is C18H20N6O. The van der Waals surface area contributed by atoms with E-state index in [1.807, 2.05) is 30.3 Å². The molecule has 0 aliphatic carbocycles. The molecule has 1 aliphatic rings. The number of benzene rings is 1. The van der Waals surface area contributed by atoms with Crippen LogP contribution in [-0.4, -0.2) is 38.2 Å². The van der Waals surface area contributed by atoms with Crippen molar-refractivity contribution in [1.82, 2.24) is 19.7 Å². The SMILES string of the molecule is C[C@@H]1CC[C@@H](C(N)=O)CN1c1ncnc2c1cnn2-c1ccccc1. The van der Waals surface area contributed by atoms with Gasteiger partial charge < -0.3 is 10.6 Å². The van der Waals surface area contributed by atoms with Gasteiger partial charge in [-0.1, -0.05) is 18.2 Å².